The fraction of sp³-hybridized carbons (Fsp3) is 0.350. The molecule has 0 radical (unpaired) electrons. The summed E-state index contributed by atoms with van der Waals surface area (Å²) in [4.78, 5) is 32.3. The molecule has 0 unspecified atom stereocenters. The van der Waals surface area contributed by atoms with Gasteiger partial charge in [-0.15, -0.1) is 0 Å². The number of pyridine rings is 1. The molecule has 0 saturated carbocycles. The van der Waals surface area contributed by atoms with Crippen LogP contribution < -0.4 is 10.1 Å². The molecule has 0 atom stereocenters. The summed E-state index contributed by atoms with van der Waals surface area (Å²) in [5, 5.41) is 3.61. The maximum Gasteiger partial charge on any atom is 0.270 e. The molecule has 1 aliphatic heterocycles. The minimum absolute atomic E-state index is 0.0668. The summed E-state index contributed by atoms with van der Waals surface area (Å²) < 4.78 is 5.71. The van der Waals surface area contributed by atoms with Crippen molar-refractivity contribution in [3.8, 4) is 5.75 Å². The molecule has 2 heterocycles. The lowest BCUT2D eigenvalue weighted by Crippen LogP contribution is -2.51. The van der Waals surface area contributed by atoms with E-state index in [9.17, 15) is 9.59 Å². The van der Waals surface area contributed by atoms with Gasteiger partial charge in [-0.05, 0) is 24.3 Å². The van der Waals surface area contributed by atoms with Crippen LogP contribution in [0.3, 0.4) is 0 Å². The van der Waals surface area contributed by atoms with Gasteiger partial charge in [-0.1, -0.05) is 35.3 Å². The van der Waals surface area contributed by atoms with Crippen molar-refractivity contribution in [2.75, 3.05) is 45.9 Å². The zero-order valence-corrected chi connectivity index (χ0v) is 17.3. The Hall–Kier alpha value is -2.35. The monoisotopic (exact) mass is 436 g/mol. The molecule has 1 fully saturated rings. The van der Waals surface area contributed by atoms with E-state index in [2.05, 4.69) is 15.2 Å². The topological polar surface area (TPSA) is 74.8 Å². The number of carbonyl (C=O) groups excluding carboxylic acids is 2. The number of ether oxygens (including phenoxy) is 1. The third kappa shape index (κ3) is 6.32. The standard InChI is InChI=1S/C20H22Cl2N4O3/c21-15-5-6-23-17(13-15)20(28)24-14-19(27)26-9-7-25(8-10-26)11-12-29-18-4-2-1-3-16(18)22/h1-6,13H,7-12,14H2,(H,24,28). The number of nitrogens with zero attached hydrogens (tertiary/aromatic N) is 3. The van der Waals surface area contributed by atoms with E-state index in [1.54, 1.807) is 17.0 Å². The first-order valence-electron chi connectivity index (χ1n) is 9.30. The molecule has 3 rings (SSSR count). The van der Waals surface area contributed by atoms with Crippen molar-refractivity contribution in [1.29, 1.82) is 0 Å². The molecule has 29 heavy (non-hydrogen) atoms. The van der Waals surface area contributed by atoms with Gasteiger partial charge in [0.15, 0.2) is 0 Å². The van der Waals surface area contributed by atoms with Crippen LogP contribution >= 0.6 is 23.2 Å². The van der Waals surface area contributed by atoms with E-state index < -0.39 is 5.91 Å². The second-order valence-corrected chi connectivity index (χ2v) is 7.39. The Kier molecular flexibility index (Phi) is 7.69. The summed E-state index contributed by atoms with van der Waals surface area (Å²) in [5.74, 6) is 0.136. The molecule has 0 spiro atoms. The van der Waals surface area contributed by atoms with Gasteiger partial charge in [0, 0.05) is 43.9 Å². The first-order chi connectivity index (χ1) is 14.0. The number of rotatable bonds is 7. The molecular formula is C20H22Cl2N4O3. The smallest absolute Gasteiger partial charge is 0.270 e. The third-order valence-electron chi connectivity index (χ3n) is 4.58. The highest BCUT2D eigenvalue weighted by Crippen LogP contribution is 2.22. The van der Waals surface area contributed by atoms with Crippen molar-refractivity contribution in [2.45, 2.75) is 0 Å². The number of aromatic nitrogens is 1. The van der Waals surface area contributed by atoms with Crippen LogP contribution in [0.1, 0.15) is 10.5 Å². The van der Waals surface area contributed by atoms with Crippen LogP contribution in [0.2, 0.25) is 10.0 Å². The number of hydrogen-bond acceptors (Lipinski definition) is 5. The third-order valence-corrected chi connectivity index (χ3v) is 5.13. The van der Waals surface area contributed by atoms with Gasteiger partial charge < -0.3 is 15.0 Å². The molecular weight excluding hydrogens is 415 g/mol. The SMILES string of the molecule is O=C(NCC(=O)N1CCN(CCOc2ccccc2Cl)CC1)c1cc(Cl)ccn1. The summed E-state index contributed by atoms with van der Waals surface area (Å²) >= 11 is 11.9. The van der Waals surface area contributed by atoms with E-state index in [-0.39, 0.29) is 18.1 Å². The molecule has 1 aromatic carbocycles. The lowest BCUT2D eigenvalue weighted by molar-refractivity contribution is -0.131. The molecule has 1 saturated heterocycles. The van der Waals surface area contributed by atoms with E-state index in [0.29, 0.717) is 35.5 Å². The number of piperazine rings is 1. The molecule has 1 aliphatic rings. The highest BCUT2D eigenvalue weighted by Gasteiger charge is 2.21. The number of benzene rings is 1. The lowest BCUT2D eigenvalue weighted by Gasteiger charge is -2.34. The number of carbonyl (C=O) groups is 2. The number of hydrogen-bond donors (Lipinski definition) is 1. The van der Waals surface area contributed by atoms with Gasteiger partial charge in [-0.3, -0.25) is 19.5 Å². The Morgan fingerprint density at radius 3 is 2.59 bits per heavy atom. The van der Waals surface area contributed by atoms with Crippen molar-refractivity contribution in [2.24, 2.45) is 0 Å². The Labute approximate surface area is 179 Å². The van der Waals surface area contributed by atoms with Crippen LogP contribution in [0.15, 0.2) is 42.6 Å². The molecule has 7 nitrogen and oxygen atoms in total. The van der Waals surface area contributed by atoms with Crippen LogP contribution in [-0.2, 0) is 4.79 Å². The van der Waals surface area contributed by atoms with E-state index in [1.165, 1.54) is 12.3 Å². The molecule has 154 valence electrons. The van der Waals surface area contributed by atoms with Gasteiger partial charge in [0.2, 0.25) is 5.91 Å². The van der Waals surface area contributed by atoms with Gasteiger partial charge in [0.25, 0.3) is 5.91 Å². The fourth-order valence-electron chi connectivity index (χ4n) is 2.95. The predicted molar refractivity (Wildman–Crippen MR) is 112 cm³/mol. The minimum Gasteiger partial charge on any atom is -0.491 e. The largest absolute Gasteiger partial charge is 0.491 e. The molecule has 2 aromatic rings. The molecule has 0 aliphatic carbocycles. The summed E-state index contributed by atoms with van der Waals surface area (Å²) in [6.45, 7) is 3.93. The maximum absolute atomic E-state index is 12.4. The average molecular weight is 437 g/mol. The van der Waals surface area contributed by atoms with Crippen LogP contribution in [0.5, 0.6) is 5.75 Å². The van der Waals surface area contributed by atoms with E-state index >= 15 is 0 Å². The highest BCUT2D eigenvalue weighted by molar-refractivity contribution is 6.32. The number of nitrogens with one attached hydrogen (secondary N) is 1. The summed E-state index contributed by atoms with van der Waals surface area (Å²) in [7, 11) is 0. The lowest BCUT2D eigenvalue weighted by atomic mass is 10.3. The van der Waals surface area contributed by atoms with Gasteiger partial charge in [0.1, 0.15) is 18.1 Å². The van der Waals surface area contributed by atoms with Crippen LogP contribution in [0.4, 0.5) is 0 Å². The molecule has 2 amide bonds. The number of amides is 2. The Morgan fingerprint density at radius 1 is 1.10 bits per heavy atom. The first kappa shape index (κ1) is 21.4. The van der Waals surface area contributed by atoms with Crippen LogP contribution in [0, 0.1) is 0 Å². The van der Waals surface area contributed by atoms with E-state index in [1.807, 2.05) is 18.2 Å². The fourth-order valence-corrected chi connectivity index (χ4v) is 3.30. The Bertz CT molecular complexity index is 857. The van der Waals surface area contributed by atoms with Gasteiger partial charge in [-0.25, -0.2) is 0 Å². The zero-order chi connectivity index (χ0) is 20.6. The van der Waals surface area contributed by atoms with Crippen LogP contribution in [0.25, 0.3) is 0 Å². The Morgan fingerprint density at radius 2 is 1.86 bits per heavy atom. The van der Waals surface area contributed by atoms with Gasteiger partial charge in [0.05, 0.1) is 11.6 Å². The van der Waals surface area contributed by atoms with Crippen molar-refractivity contribution in [1.82, 2.24) is 20.1 Å². The van der Waals surface area contributed by atoms with Crippen molar-refractivity contribution >= 4 is 35.0 Å². The average Bonchev–Trinajstić information content (AvgIpc) is 2.73. The summed E-state index contributed by atoms with van der Waals surface area (Å²) in [5.41, 5.74) is 0.189. The predicted octanol–water partition coefficient (Wildman–Crippen LogP) is 2.34. The minimum atomic E-state index is -0.420. The molecule has 1 aromatic heterocycles. The van der Waals surface area contributed by atoms with Crippen molar-refractivity contribution in [3.05, 3.63) is 58.3 Å². The van der Waals surface area contributed by atoms with Gasteiger partial charge >= 0.3 is 0 Å². The highest BCUT2D eigenvalue weighted by atomic mass is 35.5. The van der Waals surface area contributed by atoms with E-state index in [0.717, 1.165) is 19.6 Å². The quantitative estimate of drug-likeness (QED) is 0.720. The van der Waals surface area contributed by atoms with Gasteiger partial charge in [-0.2, -0.15) is 0 Å². The second kappa shape index (κ2) is 10.4. The number of para-hydroxylation sites is 1. The molecule has 0 bridgehead atoms. The number of halogens is 2. The summed E-state index contributed by atoms with van der Waals surface area (Å²) in [6, 6.07) is 10.4. The van der Waals surface area contributed by atoms with E-state index in [4.69, 9.17) is 27.9 Å². The normalized spacial score (nSPS) is 14.5. The van der Waals surface area contributed by atoms with Crippen LogP contribution in [-0.4, -0.2) is 72.5 Å². The first-order valence-corrected chi connectivity index (χ1v) is 10.1. The summed E-state index contributed by atoms with van der Waals surface area (Å²) in [6.07, 6.45) is 1.45. The Balaban J connectivity index is 1.36. The maximum atomic E-state index is 12.4. The molecule has 9 heteroatoms. The second-order valence-electron chi connectivity index (χ2n) is 6.54. The van der Waals surface area contributed by atoms with Crippen molar-refractivity contribution in [3.63, 3.8) is 0 Å². The molecule has 1 N–H and O–H groups in total. The van der Waals surface area contributed by atoms with Crippen molar-refractivity contribution < 1.29 is 14.3 Å². The zero-order valence-electron chi connectivity index (χ0n) is 15.8.